The molecule has 1 nitrogen and oxygen atoms in total. The number of hydrogen-bond donors (Lipinski definition) is 0. The first-order chi connectivity index (χ1) is 4.77. The van der Waals surface area contributed by atoms with Gasteiger partial charge in [-0.3, -0.25) is 0 Å². The van der Waals surface area contributed by atoms with E-state index in [1.165, 1.54) is 3.58 Å². The van der Waals surface area contributed by atoms with Crippen molar-refractivity contribution in [2.45, 2.75) is 10.2 Å². The standard InChI is InChI=1S/C7H7IOS/c1-9-7-3-2-5(8)4-6(7)10-7/h2-4,6H,1H3. The molecule has 1 aliphatic heterocycles. The van der Waals surface area contributed by atoms with Crippen molar-refractivity contribution in [1.82, 2.24) is 0 Å². The topological polar surface area (TPSA) is 9.23 Å². The predicted octanol–water partition coefficient (Wildman–Crippen LogP) is 2.33. The van der Waals surface area contributed by atoms with Crippen molar-refractivity contribution < 1.29 is 4.74 Å². The molecule has 0 spiro atoms. The van der Waals surface area contributed by atoms with Crippen molar-refractivity contribution in [3.63, 3.8) is 0 Å². The molecule has 0 amide bonds. The molecule has 1 aliphatic carbocycles. The molecule has 2 unspecified atom stereocenters. The third-order valence-corrected chi connectivity index (χ3v) is 3.89. The molecule has 0 aromatic rings. The first-order valence-electron chi connectivity index (χ1n) is 3.06. The van der Waals surface area contributed by atoms with E-state index in [-0.39, 0.29) is 4.93 Å². The van der Waals surface area contributed by atoms with Crippen molar-refractivity contribution in [1.29, 1.82) is 0 Å². The molecule has 0 aromatic heterocycles. The molecule has 0 radical (unpaired) electrons. The molecule has 3 heteroatoms. The minimum atomic E-state index is 0.0225. The van der Waals surface area contributed by atoms with Crippen LogP contribution in [-0.2, 0) is 4.74 Å². The summed E-state index contributed by atoms with van der Waals surface area (Å²) in [6.45, 7) is 0. The Kier molecular flexibility index (Phi) is 1.62. The lowest BCUT2D eigenvalue weighted by Gasteiger charge is -2.09. The van der Waals surface area contributed by atoms with Crippen LogP contribution in [0.15, 0.2) is 21.8 Å². The highest BCUT2D eigenvalue weighted by Crippen LogP contribution is 2.58. The molecule has 0 saturated carbocycles. The first-order valence-corrected chi connectivity index (χ1v) is 5.02. The van der Waals surface area contributed by atoms with Crippen LogP contribution in [0.3, 0.4) is 0 Å². The van der Waals surface area contributed by atoms with Crippen LogP contribution in [0, 0.1) is 0 Å². The van der Waals surface area contributed by atoms with Gasteiger partial charge in [0.15, 0.2) is 0 Å². The fourth-order valence-electron chi connectivity index (χ4n) is 1.08. The third-order valence-electron chi connectivity index (χ3n) is 1.75. The highest BCUT2D eigenvalue weighted by Gasteiger charge is 2.54. The van der Waals surface area contributed by atoms with Gasteiger partial charge in [0.05, 0.1) is 5.25 Å². The zero-order valence-electron chi connectivity index (χ0n) is 5.50. The lowest BCUT2D eigenvalue weighted by atomic mass is 10.1. The van der Waals surface area contributed by atoms with Crippen molar-refractivity contribution in [2.75, 3.05) is 7.11 Å². The van der Waals surface area contributed by atoms with Gasteiger partial charge in [0.25, 0.3) is 0 Å². The van der Waals surface area contributed by atoms with Crippen LogP contribution in [0.25, 0.3) is 0 Å². The van der Waals surface area contributed by atoms with Gasteiger partial charge in [-0.05, 0) is 34.7 Å². The predicted molar refractivity (Wildman–Crippen MR) is 52.4 cm³/mol. The van der Waals surface area contributed by atoms with Crippen LogP contribution in [0.5, 0.6) is 0 Å². The van der Waals surface area contributed by atoms with Crippen molar-refractivity contribution in [3.05, 3.63) is 21.8 Å². The van der Waals surface area contributed by atoms with E-state index in [9.17, 15) is 0 Å². The molecule has 0 aromatic carbocycles. The zero-order valence-corrected chi connectivity index (χ0v) is 8.48. The molecule has 1 saturated heterocycles. The second-order valence-corrected chi connectivity index (χ2v) is 4.98. The minimum Gasteiger partial charge on any atom is -0.362 e. The van der Waals surface area contributed by atoms with E-state index in [0.717, 1.165) is 0 Å². The van der Waals surface area contributed by atoms with Gasteiger partial charge in [-0.15, -0.1) is 11.8 Å². The molecule has 1 heterocycles. The number of ether oxygens (including phenoxy) is 1. The van der Waals surface area contributed by atoms with E-state index in [2.05, 4.69) is 40.8 Å². The molecule has 2 atom stereocenters. The van der Waals surface area contributed by atoms with Crippen LogP contribution in [0.4, 0.5) is 0 Å². The number of methoxy groups -OCH3 is 1. The van der Waals surface area contributed by atoms with Crippen LogP contribution in [0.2, 0.25) is 0 Å². The molecule has 54 valence electrons. The number of hydrogen-bond acceptors (Lipinski definition) is 2. The van der Waals surface area contributed by atoms with Gasteiger partial charge in [0.1, 0.15) is 4.93 Å². The highest BCUT2D eigenvalue weighted by molar-refractivity contribution is 14.1. The van der Waals surface area contributed by atoms with E-state index in [1.54, 1.807) is 7.11 Å². The summed E-state index contributed by atoms with van der Waals surface area (Å²) in [6, 6.07) is 0. The second-order valence-electron chi connectivity index (χ2n) is 2.35. The van der Waals surface area contributed by atoms with Gasteiger partial charge >= 0.3 is 0 Å². The van der Waals surface area contributed by atoms with Gasteiger partial charge in [-0.2, -0.15) is 0 Å². The van der Waals surface area contributed by atoms with E-state index in [1.807, 2.05) is 11.8 Å². The van der Waals surface area contributed by atoms with Gasteiger partial charge in [0.2, 0.25) is 0 Å². The summed E-state index contributed by atoms with van der Waals surface area (Å²) in [5.74, 6) is 0. The fourth-order valence-corrected chi connectivity index (χ4v) is 2.89. The van der Waals surface area contributed by atoms with E-state index >= 15 is 0 Å². The number of fused-ring (bicyclic) bond motifs is 1. The monoisotopic (exact) mass is 266 g/mol. The summed E-state index contributed by atoms with van der Waals surface area (Å²) in [5.41, 5.74) is 0. The molecule has 10 heavy (non-hydrogen) atoms. The smallest absolute Gasteiger partial charge is 0.148 e. The summed E-state index contributed by atoms with van der Waals surface area (Å²) in [7, 11) is 1.77. The molecule has 0 N–H and O–H groups in total. The number of halogens is 1. The first kappa shape index (κ1) is 7.18. The van der Waals surface area contributed by atoms with Gasteiger partial charge < -0.3 is 4.74 Å². The SMILES string of the molecule is COC12C=CC(I)=CC1S2. The average molecular weight is 266 g/mol. The lowest BCUT2D eigenvalue weighted by Crippen LogP contribution is -2.14. The number of allylic oxidation sites excluding steroid dienone is 2. The Bertz CT molecular complexity index is 224. The molecule has 1 fully saturated rings. The third kappa shape index (κ3) is 0.950. The van der Waals surface area contributed by atoms with E-state index < -0.39 is 0 Å². The maximum absolute atomic E-state index is 5.33. The summed E-state index contributed by atoms with van der Waals surface area (Å²) >= 11 is 4.19. The average Bonchev–Trinajstić information content (AvgIpc) is 2.62. The Morgan fingerprint density at radius 2 is 2.60 bits per heavy atom. The van der Waals surface area contributed by atoms with E-state index in [0.29, 0.717) is 5.25 Å². The normalized spacial score (nSPS) is 42.6. The summed E-state index contributed by atoms with van der Waals surface area (Å²) in [5, 5.41) is 0.578. The summed E-state index contributed by atoms with van der Waals surface area (Å²) in [4.78, 5) is 0.0225. The van der Waals surface area contributed by atoms with Gasteiger partial charge in [0, 0.05) is 10.7 Å². The number of thioether (sulfide) groups is 1. The minimum absolute atomic E-state index is 0.0225. The van der Waals surface area contributed by atoms with Crippen molar-refractivity contribution >= 4 is 34.4 Å². The fraction of sp³-hybridized carbons (Fsp3) is 0.429. The zero-order chi connectivity index (χ0) is 7.19. The van der Waals surface area contributed by atoms with Crippen molar-refractivity contribution in [2.24, 2.45) is 0 Å². The maximum Gasteiger partial charge on any atom is 0.148 e. The molecular formula is C7H7IOS. The maximum atomic E-state index is 5.33. The quantitative estimate of drug-likeness (QED) is 0.532. The summed E-state index contributed by atoms with van der Waals surface area (Å²) < 4.78 is 6.65. The largest absolute Gasteiger partial charge is 0.362 e. The Morgan fingerprint density at radius 3 is 3.20 bits per heavy atom. The van der Waals surface area contributed by atoms with Gasteiger partial charge in [-0.1, -0.05) is 6.08 Å². The van der Waals surface area contributed by atoms with Crippen LogP contribution < -0.4 is 0 Å². The van der Waals surface area contributed by atoms with E-state index in [4.69, 9.17) is 4.74 Å². The van der Waals surface area contributed by atoms with Crippen molar-refractivity contribution in [3.8, 4) is 0 Å². The molecule has 0 bridgehead atoms. The second kappa shape index (κ2) is 2.25. The Balaban J connectivity index is 2.23. The molecule has 2 aliphatic rings. The number of rotatable bonds is 1. The Hall–Kier alpha value is 0.520. The van der Waals surface area contributed by atoms with Crippen LogP contribution in [0.1, 0.15) is 0 Å². The summed E-state index contributed by atoms with van der Waals surface area (Å²) in [6.07, 6.45) is 6.50. The Labute approximate surface area is 78.0 Å². The lowest BCUT2D eigenvalue weighted by molar-refractivity contribution is 0.143. The molecular weight excluding hydrogens is 259 g/mol. The molecule has 2 rings (SSSR count). The van der Waals surface area contributed by atoms with Gasteiger partial charge in [-0.25, -0.2) is 0 Å². The highest BCUT2D eigenvalue weighted by atomic mass is 127. The van der Waals surface area contributed by atoms with Crippen LogP contribution in [-0.4, -0.2) is 17.3 Å². The van der Waals surface area contributed by atoms with Crippen LogP contribution >= 0.6 is 34.4 Å². The Morgan fingerprint density at radius 1 is 1.80 bits per heavy atom.